The van der Waals surface area contributed by atoms with Crippen molar-refractivity contribution >= 4 is 62.3 Å². The van der Waals surface area contributed by atoms with Gasteiger partial charge in [0.15, 0.2) is 0 Å². The number of hydrogen-bond acceptors (Lipinski definition) is 4. The van der Waals surface area contributed by atoms with Gasteiger partial charge in [0.05, 0.1) is 17.0 Å². The van der Waals surface area contributed by atoms with E-state index in [1.54, 1.807) is 18.2 Å². The average molecular weight is 669 g/mol. The molecule has 0 spiro atoms. The zero-order valence-corrected chi connectivity index (χ0v) is 26.7. The van der Waals surface area contributed by atoms with Crippen molar-refractivity contribution in [1.82, 2.24) is 10.2 Å². The van der Waals surface area contributed by atoms with Crippen molar-refractivity contribution in [2.75, 3.05) is 17.1 Å². The highest BCUT2D eigenvalue weighted by atomic mass is 35.5. The molecule has 0 radical (unpaired) electrons. The summed E-state index contributed by atoms with van der Waals surface area (Å²) < 4.78 is 40.5. The molecule has 0 aliphatic heterocycles. The summed E-state index contributed by atoms with van der Waals surface area (Å²) in [5.74, 6) is -1.73. The molecule has 3 aromatic rings. The molecule has 1 aliphatic rings. The van der Waals surface area contributed by atoms with Crippen LogP contribution in [-0.4, -0.2) is 50.0 Å². The number of halogens is 4. The quantitative estimate of drug-likeness (QED) is 0.248. The molecule has 43 heavy (non-hydrogen) atoms. The van der Waals surface area contributed by atoms with Gasteiger partial charge in [-0.1, -0.05) is 90.5 Å². The van der Waals surface area contributed by atoms with Crippen LogP contribution in [0.4, 0.5) is 10.1 Å². The van der Waals surface area contributed by atoms with E-state index in [4.69, 9.17) is 34.8 Å². The van der Waals surface area contributed by atoms with E-state index in [-0.39, 0.29) is 35.6 Å². The Kier molecular flexibility index (Phi) is 11.3. The van der Waals surface area contributed by atoms with Crippen molar-refractivity contribution in [3.05, 3.63) is 98.7 Å². The Balaban J connectivity index is 1.75. The zero-order chi connectivity index (χ0) is 31.1. The molecule has 12 heteroatoms. The average Bonchev–Trinajstić information content (AvgIpc) is 2.96. The second kappa shape index (κ2) is 14.8. The van der Waals surface area contributed by atoms with E-state index < -0.39 is 34.3 Å². The molecule has 0 aromatic heterocycles. The third kappa shape index (κ3) is 9.08. The summed E-state index contributed by atoms with van der Waals surface area (Å²) in [6, 6.07) is 16.5. The predicted molar refractivity (Wildman–Crippen MR) is 170 cm³/mol. The number of sulfonamides is 1. The van der Waals surface area contributed by atoms with Gasteiger partial charge in [-0.15, -0.1) is 0 Å². The van der Waals surface area contributed by atoms with Gasteiger partial charge in [0.1, 0.15) is 18.4 Å². The van der Waals surface area contributed by atoms with Crippen LogP contribution in [0.3, 0.4) is 0 Å². The monoisotopic (exact) mass is 667 g/mol. The van der Waals surface area contributed by atoms with E-state index in [0.29, 0.717) is 15.6 Å². The van der Waals surface area contributed by atoms with Gasteiger partial charge in [-0.2, -0.15) is 0 Å². The van der Waals surface area contributed by atoms with Gasteiger partial charge < -0.3 is 10.2 Å². The van der Waals surface area contributed by atoms with E-state index in [2.05, 4.69) is 5.32 Å². The highest BCUT2D eigenvalue weighted by molar-refractivity contribution is 7.92. The molecule has 1 atom stereocenters. The van der Waals surface area contributed by atoms with Gasteiger partial charge in [-0.25, -0.2) is 12.8 Å². The van der Waals surface area contributed by atoms with Gasteiger partial charge >= 0.3 is 0 Å². The second-order valence-corrected chi connectivity index (χ2v) is 13.8. The minimum atomic E-state index is -4.03. The van der Waals surface area contributed by atoms with Crippen molar-refractivity contribution < 1.29 is 22.4 Å². The summed E-state index contributed by atoms with van der Waals surface area (Å²) in [5.41, 5.74) is 1.35. The third-order valence-corrected chi connectivity index (χ3v) is 9.47. The molecule has 1 N–H and O–H groups in total. The number of benzene rings is 3. The molecule has 4 rings (SSSR count). The Hall–Kier alpha value is -2.85. The molecule has 0 saturated heterocycles. The zero-order valence-electron chi connectivity index (χ0n) is 23.6. The van der Waals surface area contributed by atoms with Crippen molar-refractivity contribution in [3.63, 3.8) is 0 Å². The molecule has 7 nitrogen and oxygen atoms in total. The number of carbonyl (C=O) groups excluding carboxylic acids is 2. The van der Waals surface area contributed by atoms with Crippen LogP contribution < -0.4 is 9.62 Å². The summed E-state index contributed by atoms with van der Waals surface area (Å²) in [6.45, 7) is -0.750. The van der Waals surface area contributed by atoms with Gasteiger partial charge in [0, 0.05) is 29.1 Å². The third-order valence-electron chi connectivity index (χ3n) is 7.45. The Morgan fingerprint density at radius 1 is 0.953 bits per heavy atom. The summed E-state index contributed by atoms with van der Waals surface area (Å²) in [7, 11) is -4.03. The van der Waals surface area contributed by atoms with Crippen LogP contribution in [0, 0.1) is 5.82 Å². The normalized spacial score (nSPS) is 14.6. The molecule has 0 heterocycles. The summed E-state index contributed by atoms with van der Waals surface area (Å²) in [6.07, 6.45) is 5.91. The van der Waals surface area contributed by atoms with E-state index in [1.165, 1.54) is 11.0 Å². The largest absolute Gasteiger partial charge is 0.352 e. The van der Waals surface area contributed by atoms with Gasteiger partial charge in [0.25, 0.3) is 0 Å². The molecule has 2 amide bonds. The maximum Gasteiger partial charge on any atom is 0.244 e. The minimum Gasteiger partial charge on any atom is -0.352 e. The molecule has 3 aromatic carbocycles. The van der Waals surface area contributed by atoms with Crippen LogP contribution in [0.2, 0.25) is 15.1 Å². The summed E-state index contributed by atoms with van der Waals surface area (Å²) in [4.78, 5) is 29.5. The van der Waals surface area contributed by atoms with Crippen molar-refractivity contribution in [2.24, 2.45) is 0 Å². The molecular formula is C31H33Cl3FN3O4S. The molecule has 1 saturated carbocycles. The standard InChI is InChI=1S/C31H33Cl3FN3O4S/c1-43(41,42)38(25-14-15-28(35)27(34)18-25)20-30(39)37(19-22-12-13-23(32)17-26(22)33)29(16-21-8-4-2-5-9-21)31(40)36-24-10-6-3-7-11-24/h2,4-5,8-9,12-15,17-18,24,29H,3,6-7,10-11,16,19-20H2,1H3,(H,36,40)/t29-/m0/s1. The van der Waals surface area contributed by atoms with E-state index in [1.807, 2.05) is 30.3 Å². The van der Waals surface area contributed by atoms with E-state index in [0.717, 1.165) is 60.4 Å². The van der Waals surface area contributed by atoms with Crippen LogP contribution in [0.1, 0.15) is 43.2 Å². The van der Waals surface area contributed by atoms with Crippen molar-refractivity contribution in [3.8, 4) is 0 Å². The molecule has 1 fully saturated rings. The lowest BCUT2D eigenvalue weighted by molar-refractivity contribution is -0.140. The highest BCUT2D eigenvalue weighted by Crippen LogP contribution is 2.27. The second-order valence-electron chi connectivity index (χ2n) is 10.7. The Labute approximate surface area is 267 Å². The smallest absolute Gasteiger partial charge is 0.244 e. The molecule has 1 aliphatic carbocycles. The lowest BCUT2D eigenvalue weighted by Crippen LogP contribution is -2.55. The van der Waals surface area contributed by atoms with Gasteiger partial charge in [-0.3, -0.25) is 13.9 Å². The first-order chi connectivity index (χ1) is 20.4. The van der Waals surface area contributed by atoms with Crippen LogP contribution in [-0.2, 0) is 32.6 Å². The first kappa shape index (κ1) is 33.1. The fourth-order valence-corrected chi connectivity index (χ4v) is 6.67. The SMILES string of the molecule is CS(=O)(=O)N(CC(=O)N(Cc1ccc(Cl)cc1Cl)[C@@H](Cc1ccccc1)C(=O)NC1CCCCC1)c1ccc(F)c(Cl)c1. The van der Waals surface area contributed by atoms with Crippen molar-refractivity contribution in [1.29, 1.82) is 0 Å². The van der Waals surface area contributed by atoms with Gasteiger partial charge in [0.2, 0.25) is 21.8 Å². The van der Waals surface area contributed by atoms with E-state index >= 15 is 0 Å². The van der Waals surface area contributed by atoms with Crippen LogP contribution in [0.5, 0.6) is 0 Å². The van der Waals surface area contributed by atoms with Crippen LogP contribution >= 0.6 is 34.8 Å². The fraction of sp³-hybridized carbons (Fsp3) is 0.355. The number of nitrogens with zero attached hydrogens (tertiary/aromatic N) is 2. The van der Waals surface area contributed by atoms with Crippen LogP contribution in [0.15, 0.2) is 66.7 Å². The highest BCUT2D eigenvalue weighted by Gasteiger charge is 2.34. The maximum absolute atomic E-state index is 14.2. The molecule has 230 valence electrons. The van der Waals surface area contributed by atoms with Crippen LogP contribution in [0.25, 0.3) is 0 Å². The van der Waals surface area contributed by atoms with Gasteiger partial charge in [-0.05, 0) is 54.3 Å². The molecule has 0 unspecified atom stereocenters. The fourth-order valence-electron chi connectivity index (χ4n) is 5.19. The number of anilines is 1. The maximum atomic E-state index is 14.2. The number of amides is 2. The predicted octanol–water partition coefficient (Wildman–Crippen LogP) is 6.64. The van der Waals surface area contributed by atoms with Crippen molar-refractivity contribution in [2.45, 2.75) is 57.2 Å². The topological polar surface area (TPSA) is 86.8 Å². The first-order valence-electron chi connectivity index (χ1n) is 13.9. The lowest BCUT2D eigenvalue weighted by atomic mass is 9.94. The number of carbonyl (C=O) groups is 2. The summed E-state index contributed by atoms with van der Waals surface area (Å²) >= 11 is 18.6. The number of rotatable bonds is 11. The summed E-state index contributed by atoms with van der Waals surface area (Å²) in [5, 5.41) is 3.54. The Bertz CT molecular complexity index is 1550. The lowest BCUT2D eigenvalue weighted by Gasteiger charge is -2.35. The first-order valence-corrected chi connectivity index (χ1v) is 16.9. The Morgan fingerprint density at radius 2 is 1.65 bits per heavy atom. The Morgan fingerprint density at radius 3 is 2.28 bits per heavy atom. The molecular weight excluding hydrogens is 636 g/mol. The molecule has 0 bridgehead atoms. The number of nitrogens with one attached hydrogen (secondary N) is 1. The van der Waals surface area contributed by atoms with E-state index in [9.17, 15) is 22.4 Å². The minimum absolute atomic E-state index is 0.0120. The number of hydrogen-bond donors (Lipinski definition) is 1.